The Morgan fingerprint density at radius 2 is 1.93 bits per heavy atom. The molecule has 1 aliphatic rings. The highest BCUT2D eigenvalue weighted by Gasteiger charge is 2.25. The molecule has 0 saturated carbocycles. The van der Waals surface area contributed by atoms with Crippen molar-refractivity contribution in [1.82, 2.24) is 15.5 Å². The van der Waals surface area contributed by atoms with Crippen molar-refractivity contribution >= 4 is 5.91 Å². The average molecular weight is 374 g/mol. The first-order chi connectivity index (χ1) is 13.3. The Labute approximate surface area is 165 Å². The zero-order chi connectivity index (χ0) is 19.9. The number of nitrogens with zero attached hydrogens (tertiary/aromatic N) is 1. The van der Waals surface area contributed by atoms with Crippen LogP contribution < -0.4 is 11.1 Å². The molecule has 1 aliphatic carbocycles. The van der Waals surface area contributed by atoms with E-state index in [9.17, 15) is 4.79 Å². The number of fused-ring (bicyclic) bond motifs is 3. The molecule has 0 radical (unpaired) electrons. The van der Waals surface area contributed by atoms with E-state index in [1.54, 1.807) is 12.1 Å². The Bertz CT molecular complexity index is 1030. The van der Waals surface area contributed by atoms with Gasteiger partial charge in [0.2, 0.25) is 5.91 Å². The fraction of sp³-hybridized carbons (Fsp3) is 0.304. The summed E-state index contributed by atoms with van der Waals surface area (Å²) in [4.78, 5) is 11.3. The molecule has 0 fully saturated rings. The van der Waals surface area contributed by atoms with Crippen molar-refractivity contribution in [2.45, 2.75) is 33.7 Å². The molecule has 3 aromatic rings. The minimum absolute atomic E-state index is 0.270. The number of benzene rings is 2. The number of primary amides is 1. The molecule has 0 unspecified atom stereocenters. The summed E-state index contributed by atoms with van der Waals surface area (Å²) in [5.74, 6) is -0.418. The molecule has 0 atom stereocenters. The van der Waals surface area contributed by atoms with Gasteiger partial charge in [-0.25, -0.2) is 0 Å². The van der Waals surface area contributed by atoms with E-state index in [4.69, 9.17) is 5.73 Å². The maximum atomic E-state index is 11.3. The zero-order valence-corrected chi connectivity index (χ0v) is 16.6. The van der Waals surface area contributed by atoms with Gasteiger partial charge in [0.15, 0.2) is 0 Å². The quantitative estimate of drug-likeness (QED) is 0.496. The molecule has 2 aromatic carbocycles. The lowest BCUT2D eigenvalue weighted by molar-refractivity contribution is 0.100. The molecular formula is C23H26N4O. The molecule has 4 N–H and O–H groups in total. The first kappa shape index (κ1) is 18.4. The molecule has 5 nitrogen and oxygen atoms in total. The second kappa shape index (κ2) is 6.91. The third-order valence-corrected chi connectivity index (χ3v) is 5.11. The summed E-state index contributed by atoms with van der Waals surface area (Å²) in [7, 11) is 0. The summed E-state index contributed by atoms with van der Waals surface area (Å²) in [6.07, 6.45) is 0.865. The molecule has 144 valence electrons. The second-order valence-electron chi connectivity index (χ2n) is 8.70. The Balaban J connectivity index is 1.58. The van der Waals surface area contributed by atoms with E-state index in [0.29, 0.717) is 5.56 Å². The number of aromatic nitrogens is 2. The van der Waals surface area contributed by atoms with Crippen LogP contribution >= 0.6 is 0 Å². The van der Waals surface area contributed by atoms with Crippen LogP contribution in [0.5, 0.6) is 0 Å². The fourth-order valence-corrected chi connectivity index (χ4v) is 3.68. The molecule has 4 rings (SSSR count). The summed E-state index contributed by atoms with van der Waals surface area (Å²) in [6, 6.07) is 14.0. The standard InChI is InChI=1S/C23H26N4O/c1-23(2,3)13-25-12-14-4-5-17-11-19-20(26-27-21(19)18(17)10-14)15-6-8-16(9-7-15)22(24)28/h4-10,25H,11-13H2,1-3H3,(H2,24,28)(H,26,27). The van der Waals surface area contributed by atoms with Crippen molar-refractivity contribution in [3.63, 3.8) is 0 Å². The SMILES string of the molecule is CC(C)(C)CNCc1ccc2c(c1)-c1[nH]nc(-c3ccc(C(N)=O)cc3)c1C2. The number of rotatable bonds is 5. The number of aromatic amines is 1. The van der Waals surface area contributed by atoms with Gasteiger partial charge >= 0.3 is 0 Å². The van der Waals surface area contributed by atoms with Gasteiger partial charge in [0, 0.05) is 41.8 Å². The van der Waals surface area contributed by atoms with E-state index in [-0.39, 0.29) is 5.41 Å². The number of carbonyl (C=O) groups excluding carboxylic acids is 1. The molecule has 0 spiro atoms. The monoisotopic (exact) mass is 374 g/mol. The van der Waals surface area contributed by atoms with Crippen LogP contribution in [0.25, 0.3) is 22.5 Å². The predicted octanol–water partition coefficient (Wildman–Crippen LogP) is 3.88. The number of carbonyl (C=O) groups is 1. The number of H-pyrrole nitrogens is 1. The number of hydrogen-bond donors (Lipinski definition) is 3. The van der Waals surface area contributed by atoms with Crippen molar-refractivity contribution in [2.24, 2.45) is 11.1 Å². The van der Waals surface area contributed by atoms with Gasteiger partial charge in [0.1, 0.15) is 0 Å². The van der Waals surface area contributed by atoms with Crippen molar-refractivity contribution in [3.8, 4) is 22.5 Å². The Hall–Kier alpha value is -2.92. The van der Waals surface area contributed by atoms with Crippen molar-refractivity contribution < 1.29 is 4.79 Å². The van der Waals surface area contributed by atoms with Gasteiger partial charge in [-0.05, 0) is 34.7 Å². The first-order valence-corrected chi connectivity index (χ1v) is 9.62. The third kappa shape index (κ3) is 3.58. The van der Waals surface area contributed by atoms with Gasteiger partial charge in [-0.2, -0.15) is 5.10 Å². The Kier molecular flexibility index (Phi) is 4.55. The molecule has 1 aromatic heterocycles. The maximum absolute atomic E-state index is 11.3. The average Bonchev–Trinajstić information content (AvgIpc) is 3.20. The van der Waals surface area contributed by atoms with E-state index in [2.05, 4.69) is 54.5 Å². The number of hydrogen-bond acceptors (Lipinski definition) is 3. The van der Waals surface area contributed by atoms with E-state index in [1.807, 2.05) is 12.1 Å². The van der Waals surface area contributed by atoms with Gasteiger partial charge in [-0.3, -0.25) is 9.89 Å². The van der Waals surface area contributed by atoms with Crippen LogP contribution in [-0.4, -0.2) is 22.6 Å². The summed E-state index contributed by atoms with van der Waals surface area (Å²) in [5, 5.41) is 11.3. The van der Waals surface area contributed by atoms with E-state index in [1.165, 1.54) is 22.3 Å². The lowest BCUT2D eigenvalue weighted by Gasteiger charge is -2.19. The van der Waals surface area contributed by atoms with Crippen molar-refractivity contribution in [3.05, 3.63) is 64.7 Å². The minimum atomic E-state index is -0.418. The molecule has 0 aliphatic heterocycles. The van der Waals surface area contributed by atoms with E-state index >= 15 is 0 Å². The van der Waals surface area contributed by atoms with Gasteiger partial charge in [0.05, 0.1) is 11.4 Å². The number of amides is 1. The highest BCUT2D eigenvalue weighted by molar-refractivity contribution is 5.93. The fourth-order valence-electron chi connectivity index (χ4n) is 3.68. The van der Waals surface area contributed by atoms with Gasteiger partial charge < -0.3 is 11.1 Å². The van der Waals surface area contributed by atoms with Crippen LogP contribution in [0.2, 0.25) is 0 Å². The maximum Gasteiger partial charge on any atom is 0.248 e. The van der Waals surface area contributed by atoms with Crippen LogP contribution in [-0.2, 0) is 13.0 Å². The second-order valence-corrected chi connectivity index (χ2v) is 8.70. The van der Waals surface area contributed by atoms with Crippen molar-refractivity contribution in [1.29, 1.82) is 0 Å². The largest absolute Gasteiger partial charge is 0.366 e. The first-order valence-electron chi connectivity index (χ1n) is 9.62. The lowest BCUT2D eigenvalue weighted by atomic mass is 9.97. The van der Waals surface area contributed by atoms with Crippen LogP contribution in [0.3, 0.4) is 0 Å². The topological polar surface area (TPSA) is 83.8 Å². The lowest BCUT2D eigenvalue weighted by Crippen LogP contribution is -2.26. The van der Waals surface area contributed by atoms with Crippen LogP contribution in [0.15, 0.2) is 42.5 Å². The van der Waals surface area contributed by atoms with Gasteiger partial charge in [-0.15, -0.1) is 0 Å². The third-order valence-electron chi connectivity index (χ3n) is 5.11. The molecule has 0 saturated heterocycles. The zero-order valence-electron chi connectivity index (χ0n) is 16.6. The highest BCUT2D eigenvalue weighted by atomic mass is 16.1. The van der Waals surface area contributed by atoms with E-state index < -0.39 is 5.91 Å². The van der Waals surface area contributed by atoms with Crippen molar-refractivity contribution in [2.75, 3.05) is 6.54 Å². The molecule has 28 heavy (non-hydrogen) atoms. The molecule has 1 amide bonds. The highest BCUT2D eigenvalue weighted by Crippen LogP contribution is 2.40. The summed E-state index contributed by atoms with van der Waals surface area (Å²) in [6.45, 7) is 8.53. The van der Waals surface area contributed by atoms with Crippen LogP contribution in [0, 0.1) is 5.41 Å². The Morgan fingerprint density at radius 3 is 2.61 bits per heavy atom. The predicted molar refractivity (Wildman–Crippen MR) is 112 cm³/mol. The summed E-state index contributed by atoms with van der Waals surface area (Å²) < 4.78 is 0. The molecule has 5 heteroatoms. The summed E-state index contributed by atoms with van der Waals surface area (Å²) >= 11 is 0. The molecule has 0 bridgehead atoms. The Morgan fingerprint density at radius 1 is 1.18 bits per heavy atom. The minimum Gasteiger partial charge on any atom is -0.366 e. The molecular weight excluding hydrogens is 348 g/mol. The van der Waals surface area contributed by atoms with Crippen LogP contribution in [0.1, 0.15) is 47.8 Å². The molecule has 1 heterocycles. The van der Waals surface area contributed by atoms with Crippen LogP contribution in [0.4, 0.5) is 0 Å². The smallest absolute Gasteiger partial charge is 0.248 e. The normalized spacial score (nSPS) is 12.7. The van der Waals surface area contributed by atoms with Gasteiger partial charge in [0.25, 0.3) is 0 Å². The summed E-state index contributed by atoms with van der Waals surface area (Å²) in [5.41, 5.74) is 14.2. The number of nitrogens with one attached hydrogen (secondary N) is 2. The van der Waals surface area contributed by atoms with E-state index in [0.717, 1.165) is 36.5 Å². The number of nitrogens with two attached hydrogens (primary N) is 1. The van der Waals surface area contributed by atoms with Gasteiger partial charge in [-0.1, -0.05) is 45.0 Å².